The van der Waals surface area contributed by atoms with E-state index in [0.29, 0.717) is 31.7 Å². The van der Waals surface area contributed by atoms with E-state index in [9.17, 15) is 14.0 Å². The van der Waals surface area contributed by atoms with Gasteiger partial charge < -0.3 is 15.5 Å². The first-order valence-corrected chi connectivity index (χ1v) is 7.93. The molecule has 0 radical (unpaired) electrons. The van der Waals surface area contributed by atoms with Gasteiger partial charge in [0.25, 0.3) is 5.91 Å². The number of nitrogen functional groups attached to an aromatic ring is 1. The molecule has 0 spiro atoms. The van der Waals surface area contributed by atoms with E-state index in [1.165, 1.54) is 18.5 Å². The molecule has 2 aromatic rings. The Morgan fingerprint density at radius 1 is 1.04 bits per heavy atom. The summed E-state index contributed by atoms with van der Waals surface area (Å²) in [5.74, 6) is -0.753. The van der Waals surface area contributed by atoms with Crippen LogP contribution in [0.4, 0.5) is 10.2 Å². The molecule has 1 aliphatic rings. The predicted molar refractivity (Wildman–Crippen MR) is 89.0 cm³/mol. The van der Waals surface area contributed by atoms with Gasteiger partial charge in [-0.25, -0.2) is 14.4 Å². The molecule has 7 nitrogen and oxygen atoms in total. The van der Waals surface area contributed by atoms with Gasteiger partial charge in [-0.15, -0.1) is 0 Å². The Hall–Kier alpha value is -3.03. The van der Waals surface area contributed by atoms with Gasteiger partial charge >= 0.3 is 0 Å². The van der Waals surface area contributed by atoms with Gasteiger partial charge in [-0.2, -0.15) is 0 Å². The van der Waals surface area contributed by atoms with Crippen molar-refractivity contribution in [2.24, 2.45) is 0 Å². The Morgan fingerprint density at radius 2 is 1.68 bits per heavy atom. The van der Waals surface area contributed by atoms with Gasteiger partial charge in [0, 0.05) is 38.6 Å². The third kappa shape index (κ3) is 3.73. The number of anilines is 1. The number of carbonyl (C=O) groups excluding carboxylic acids is 2. The lowest BCUT2D eigenvalue weighted by atomic mass is 10.1. The van der Waals surface area contributed by atoms with Crippen LogP contribution in [0, 0.1) is 5.82 Å². The number of piperazine rings is 1. The van der Waals surface area contributed by atoms with E-state index in [1.54, 1.807) is 28.0 Å². The van der Waals surface area contributed by atoms with E-state index in [1.807, 2.05) is 0 Å². The lowest BCUT2D eigenvalue weighted by Gasteiger charge is -2.34. The first-order valence-electron chi connectivity index (χ1n) is 7.93. The highest BCUT2D eigenvalue weighted by molar-refractivity contribution is 5.96. The fourth-order valence-corrected chi connectivity index (χ4v) is 2.74. The lowest BCUT2D eigenvalue weighted by Crippen LogP contribution is -2.51. The third-order valence-electron chi connectivity index (χ3n) is 4.15. The van der Waals surface area contributed by atoms with Crippen molar-refractivity contribution >= 4 is 17.6 Å². The summed E-state index contributed by atoms with van der Waals surface area (Å²) in [5, 5.41) is 0. The van der Waals surface area contributed by atoms with Gasteiger partial charge in [0.2, 0.25) is 5.91 Å². The topological polar surface area (TPSA) is 92.4 Å². The summed E-state index contributed by atoms with van der Waals surface area (Å²) in [4.78, 5) is 35.8. The molecule has 8 heteroatoms. The zero-order valence-corrected chi connectivity index (χ0v) is 13.6. The van der Waals surface area contributed by atoms with Crippen LogP contribution in [-0.4, -0.2) is 57.8 Å². The van der Waals surface area contributed by atoms with Crippen LogP contribution in [0.5, 0.6) is 0 Å². The predicted octanol–water partition coefficient (Wildman–Crippen LogP) is 0.725. The average molecular weight is 343 g/mol. The maximum Gasteiger partial charge on any atom is 0.276 e. The smallest absolute Gasteiger partial charge is 0.276 e. The van der Waals surface area contributed by atoms with Crippen molar-refractivity contribution < 1.29 is 14.0 Å². The highest BCUT2D eigenvalue weighted by Gasteiger charge is 2.27. The van der Waals surface area contributed by atoms with Crippen LogP contribution in [0.15, 0.2) is 36.7 Å². The molecule has 25 heavy (non-hydrogen) atoms. The van der Waals surface area contributed by atoms with Gasteiger partial charge in [0.1, 0.15) is 5.82 Å². The van der Waals surface area contributed by atoms with Gasteiger partial charge in [0.15, 0.2) is 11.5 Å². The number of carbonyl (C=O) groups is 2. The molecule has 3 rings (SSSR count). The monoisotopic (exact) mass is 343 g/mol. The van der Waals surface area contributed by atoms with E-state index in [0.717, 1.165) is 0 Å². The van der Waals surface area contributed by atoms with Crippen LogP contribution in [0.25, 0.3) is 0 Å². The van der Waals surface area contributed by atoms with Crippen LogP contribution in [-0.2, 0) is 11.2 Å². The summed E-state index contributed by atoms with van der Waals surface area (Å²) in [6.45, 7) is 1.52. The summed E-state index contributed by atoms with van der Waals surface area (Å²) in [5.41, 5.74) is 6.18. The molecule has 1 aromatic carbocycles. The minimum Gasteiger partial charge on any atom is -0.382 e. The average Bonchev–Trinajstić information content (AvgIpc) is 2.63. The molecule has 0 bridgehead atoms. The number of aromatic nitrogens is 2. The molecule has 1 saturated heterocycles. The Kier molecular flexibility index (Phi) is 4.87. The number of nitrogens with zero attached hydrogens (tertiary/aromatic N) is 4. The van der Waals surface area contributed by atoms with Crippen LogP contribution >= 0.6 is 0 Å². The minimum atomic E-state index is -0.386. The number of nitrogens with two attached hydrogens (primary N) is 1. The largest absolute Gasteiger partial charge is 0.382 e. The molecule has 0 saturated carbocycles. The normalized spacial score (nSPS) is 14.4. The molecule has 1 fully saturated rings. The number of hydrogen-bond acceptors (Lipinski definition) is 5. The van der Waals surface area contributed by atoms with Crippen molar-refractivity contribution in [1.82, 2.24) is 19.8 Å². The molecule has 0 atom stereocenters. The number of hydrogen-bond donors (Lipinski definition) is 1. The van der Waals surface area contributed by atoms with Crippen molar-refractivity contribution in [3.05, 3.63) is 53.7 Å². The van der Waals surface area contributed by atoms with Gasteiger partial charge in [-0.3, -0.25) is 9.59 Å². The van der Waals surface area contributed by atoms with Crippen molar-refractivity contribution in [3.8, 4) is 0 Å². The van der Waals surface area contributed by atoms with E-state index in [2.05, 4.69) is 9.97 Å². The second-order valence-electron chi connectivity index (χ2n) is 5.73. The molecule has 130 valence electrons. The van der Waals surface area contributed by atoms with Crippen molar-refractivity contribution in [2.75, 3.05) is 31.9 Å². The molecule has 0 unspecified atom stereocenters. The van der Waals surface area contributed by atoms with Gasteiger partial charge in [-0.05, 0) is 11.6 Å². The quantitative estimate of drug-likeness (QED) is 0.887. The number of amides is 2. The first kappa shape index (κ1) is 16.8. The number of halogens is 1. The highest BCUT2D eigenvalue weighted by atomic mass is 19.1. The SMILES string of the molecule is Nc1nccnc1C(=O)N1CCN(C(=O)Cc2ccccc2F)CC1. The number of benzene rings is 1. The van der Waals surface area contributed by atoms with Crippen molar-refractivity contribution in [1.29, 1.82) is 0 Å². The fourth-order valence-electron chi connectivity index (χ4n) is 2.74. The second kappa shape index (κ2) is 7.25. The molecule has 0 aliphatic carbocycles. The molecule has 1 aromatic heterocycles. The molecular weight excluding hydrogens is 325 g/mol. The fraction of sp³-hybridized carbons (Fsp3) is 0.294. The second-order valence-corrected chi connectivity index (χ2v) is 5.73. The van der Waals surface area contributed by atoms with Crippen molar-refractivity contribution in [3.63, 3.8) is 0 Å². The summed E-state index contributed by atoms with van der Waals surface area (Å²) in [6, 6.07) is 6.23. The lowest BCUT2D eigenvalue weighted by molar-refractivity contribution is -0.132. The van der Waals surface area contributed by atoms with Crippen LogP contribution in [0.1, 0.15) is 16.1 Å². The molecule has 2 amide bonds. The maximum atomic E-state index is 13.7. The minimum absolute atomic E-state index is 0.0116. The van der Waals surface area contributed by atoms with Crippen LogP contribution in [0.2, 0.25) is 0 Å². The summed E-state index contributed by atoms with van der Waals surface area (Å²) in [6.07, 6.45) is 2.85. The summed E-state index contributed by atoms with van der Waals surface area (Å²) >= 11 is 0. The zero-order chi connectivity index (χ0) is 17.8. The molecular formula is C17H18FN5O2. The van der Waals surface area contributed by atoms with Crippen molar-refractivity contribution in [2.45, 2.75) is 6.42 Å². The highest BCUT2D eigenvalue weighted by Crippen LogP contribution is 2.13. The zero-order valence-electron chi connectivity index (χ0n) is 13.6. The molecule has 1 aliphatic heterocycles. The van der Waals surface area contributed by atoms with E-state index in [4.69, 9.17) is 5.73 Å². The van der Waals surface area contributed by atoms with E-state index >= 15 is 0 Å². The molecule has 2 heterocycles. The first-order chi connectivity index (χ1) is 12.1. The number of rotatable bonds is 3. The Balaban J connectivity index is 1.58. The van der Waals surface area contributed by atoms with Gasteiger partial charge in [-0.1, -0.05) is 18.2 Å². The Bertz CT molecular complexity index is 790. The third-order valence-corrected chi connectivity index (χ3v) is 4.15. The van der Waals surface area contributed by atoms with E-state index in [-0.39, 0.29) is 35.6 Å². The standard InChI is InChI=1S/C17H18FN5O2/c18-13-4-2-1-3-12(13)11-14(24)22-7-9-23(10-8-22)17(25)15-16(19)21-6-5-20-15/h1-6H,7-11H2,(H2,19,21). The van der Waals surface area contributed by atoms with E-state index < -0.39 is 0 Å². The van der Waals surface area contributed by atoms with Crippen LogP contribution in [0.3, 0.4) is 0 Å². The van der Waals surface area contributed by atoms with Crippen LogP contribution < -0.4 is 5.73 Å². The Labute approximate surface area is 144 Å². The van der Waals surface area contributed by atoms with Gasteiger partial charge in [0.05, 0.1) is 6.42 Å². The summed E-state index contributed by atoms with van der Waals surface area (Å²) < 4.78 is 13.7. The maximum absolute atomic E-state index is 13.7. The Morgan fingerprint density at radius 3 is 2.36 bits per heavy atom. The molecule has 2 N–H and O–H groups in total. The summed E-state index contributed by atoms with van der Waals surface area (Å²) in [7, 11) is 0.